The van der Waals surface area contributed by atoms with E-state index in [4.69, 9.17) is 49.4 Å². The summed E-state index contributed by atoms with van der Waals surface area (Å²) >= 11 is 15.3. The van der Waals surface area contributed by atoms with Crippen LogP contribution in [0, 0.1) is 0 Å². The Balaban J connectivity index is -0.000000302. The van der Waals surface area contributed by atoms with E-state index < -0.39 is 0 Å². The molecule has 2 aromatic rings. The molecule has 0 spiro atoms. The molecule has 25 heavy (non-hydrogen) atoms. The van der Waals surface area contributed by atoms with Crippen molar-refractivity contribution >= 4 is 34.8 Å². The van der Waals surface area contributed by atoms with Crippen LogP contribution in [0.4, 0.5) is 0 Å². The summed E-state index contributed by atoms with van der Waals surface area (Å²) < 4.78 is 14.3. The molecule has 0 heterocycles. The summed E-state index contributed by atoms with van der Waals surface area (Å²) in [5, 5.41) is 8.63. The van der Waals surface area contributed by atoms with Crippen molar-refractivity contribution in [1.82, 2.24) is 0 Å². The third-order valence-corrected chi connectivity index (χ3v) is 2.50. The molecule has 0 unspecified atom stereocenters. The van der Waals surface area contributed by atoms with Gasteiger partial charge in [-0.1, -0.05) is 71.2 Å². The van der Waals surface area contributed by atoms with Gasteiger partial charge < -0.3 is 24.8 Å². The number of aromatic hydroxyl groups is 1. The molecule has 136 valence electrons. The number of para-hydroxylation sites is 2. The SMILES string of the molecule is ClCOCCl.ClCOCOc1ccccc1.Oc1ccccc1.[Na+].[OH-]. The molecule has 0 bridgehead atoms. The Kier molecular flexibility index (Phi) is 28.1. The number of phenolic OH excluding ortho intramolecular Hbond substituents is 1. The second kappa shape index (κ2) is 23.8. The molecule has 0 fully saturated rings. The molecule has 0 aliphatic heterocycles. The number of phenols is 1. The van der Waals surface area contributed by atoms with Gasteiger partial charge in [0.25, 0.3) is 0 Å². The summed E-state index contributed by atoms with van der Waals surface area (Å²) in [5.74, 6) is 1.11. The van der Waals surface area contributed by atoms with E-state index in [0.29, 0.717) is 5.75 Å². The minimum absolute atomic E-state index is 0. The average molecular weight is 422 g/mol. The van der Waals surface area contributed by atoms with Gasteiger partial charge in [0.05, 0.1) is 0 Å². The molecule has 0 aliphatic carbocycles. The molecule has 9 heteroatoms. The van der Waals surface area contributed by atoms with Crippen molar-refractivity contribution in [2.45, 2.75) is 0 Å². The Bertz CT molecular complexity index is 464. The van der Waals surface area contributed by atoms with Crippen LogP contribution in [0.3, 0.4) is 0 Å². The number of alkyl halides is 3. The van der Waals surface area contributed by atoms with Crippen LogP contribution in [-0.2, 0) is 9.47 Å². The molecule has 5 nitrogen and oxygen atoms in total. The van der Waals surface area contributed by atoms with Gasteiger partial charge in [-0.25, -0.2) is 0 Å². The molecule has 0 saturated heterocycles. The zero-order valence-corrected chi connectivity index (χ0v) is 18.1. The fourth-order valence-corrected chi connectivity index (χ4v) is 1.41. The summed E-state index contributed by atoms with van der Waals surface area (Å²) in [6, 6.07) is 18.7. The topological polar surface area (TPSA) is 77.9 Å². The first-order valence-corrected chi connectivity index (χ1v) is 8.10. The summed E-state index contributed by atoms with van der Waals surface area (Å²) in [5.41, 5.74) is 0. The van der Waals surface area contributed by atoms with E-state index in [1.165, 1.54) is 0 Å². The quantitative estimate of drug-likeness (QED) is 0.333. The van der Waals surface area contributed by atoms with E-state index in [1.54, 1.807) is 24.3 Å². The van der Waals surface area contributed by atoms with Crippen LogP contribution in [0.25, 0.3) is 0 Å². The van der Waals surface area contributed by atoms with Crippen molar-refractivity contribution in [3.05, 3.63) is 60.7 Å². The molecule has 0 aromatic heterocycles. The second-order valence-electron chi connectivity index (χ2n) is 3.65. The van der Waals surface area contributed by atoms with Gasteiger partial charge >= 0.3 is 29.6 Å². The predicted molar refractivity (Wildman–Crippen MR) is 96.3 cm³/mol. The first-order chi connectivity index (χ1) is 11.2. The standard InChI is InChI=1S/C8H9ClO2.C6H6O.C2H4Cl2O.Na.H2O/c9-6-10-7-11-8-4-2-1-3-5-8;7-6-4-2-1-3-5-6;3-1-5-2-4;;/h1-5H,6-7H2;1-5,7H;1-2H2;;1H2/q;;;+1;/p-1. The molecule has 0 aliphatic rings. The number of rotatable bonds is 6. The molecule has 0 atom stereocenters. The predicted octanol–water partition coefficient (Wildman–Crippen LogP) is 1.85. The fourth-order valence-electron chi connectivity index (χ4n) is 1.12. The van der Waals surface area contributed by atoms with Gasteiger partial charge in [-0.05, 0) is 24.3 Å². The van der Waals surface area contributed by atoms with Crippen molar-refractivity contribution in [2.75, 3.05) is 25.0 Å². The maximum Gasteiger partial charge on any atom is 1.00 e. The van der Waals surface area contributed by atoms with Gasteiger partial charge in [0, 0.05) is 0 Å². The largest absolute Gasteiger partial charge is 1.00 e. The van der Waals surface area contributed by atoms with Crippen molar-refractivity contribution < 1.29 is 54.4 Å². The monoisotopic (exact) mass is 420 g/mol. The fraction of sp³-hybridized carbons (Fsp3) is 0.250. The normalized spacial score (nSPS) is 8.28. The number of hydrogen-bond acceptors (Lipinski definition) is 5. The van der Waals surface area contributed by atoms with Crippen LogP contribution in [0.1, 0.15) is 0 Å². The molecule has 2 aromatic carbocycles. The maximum atomic E-state index is 8.63. The van der Waals surface area contributed by atoms with Crippen molar-refractivity contribution in [3.63, 3.8) is 0 Å². The van der Waals surface area contributed by atoms with E-state index in [9.17, 15) is 0 Å². The van der Waals surface area contributed by atoms with Gasteiger partial charge in [-0.3, -0.25) is 0 Å². The Morgan fingerprint density at radius 1 is 0.720 bits per heavy atom. The van der Waals surface area contributed by atoms with Crippen LogP contribution in [0.15, 0.2) is 60.7 Å². The Hall–Kier alpha value is -0.210. The van der Waals surface area contributed by atoms with Gasteiger partial charge in [0.15, 0.2) is 6.79 Å². The van der Waals surface area contributed by atoms with E-state index in [2.05, 4.69) is 4.74 Å². The molecular formula is C16H20Cl3NaO5. The van der Waals surface area contributed by atoms with E-state index in [0.717, 1.165) is 5.75 Å². The summed E-state index contributed by atoms with van der Waals surface area (Å²) in [6.45, 7) is 0.202. The minimum atomic E-state index is 0. The number of halogens is 3. The molecule has 2 N–H and O–H groups in total. The number of hydrogen-bond donors (Lipinski definition) is 1. The molecule has 0 amide bonds. The van der Waals surface area contributed by atoms with Crippen LogP contribution >= 0.6 is 34.8 Å². The van der Waals surface area contributed by atoms with Crippen LogP contribution in [-0.4, -0.2) is 35.6 Å². The zero-order chi connectivity index (χ0) is 17.2. The zero-order valence-electron chi connectivity index (χ0n) is 13.9. The van der Waals surface area contributed by atoms with Gasteiger partial charge in [-0.15, -0.1) is 0 Å². The van der Waals surface area contributed by atoms with Crippen LogP contribution in [0.5, 0.6) is 11.5 Å². The Labute approximate surface area is 185 Å². The molecule has 0 saturated carbocycles. The summed E-state index contributed by atoms with van der Waals surface area (Å²) in [4.78, 5) is 0. The van der Waals surface area contributed by atoms with Gasteiger partial charge in [0.2, 0.25) is 0 Å². The van der Waals surface area contributed by atoms with Crippen LogP contribution in [0.2, 0.25) is 0 Å². The van der Waals surface area contributed by atoms with Gasteiger partial charge in [0.1, 0.15) is 29.7 Å². The Morgan fingerprint density at radius 2 is 1.16 bits per heavy atom. The second-order valence-corrected chi connectivity index (χ2v) is 4.30. The average Bonchev–Trinajstić information content (AvgIpc) is 2.59. The number of benzene rings is 2. The first-order valence-electron chi connectivity index (χ1n) is 6.49. The molecular weight excluding hydrogens is 402 g/mol. The van der Waals surface area contributed by atoms with Crippen molar-refractivity contribution in [2.24, 2.45) is 0 Å². The van der Waals surface area contributed by atoms with Crippen LogP contribution < -0.4 is 34.3 Å². The molecule has 2 rings (SSSR count). The first kappa shape index (κ1) is 29.5. The van der Waals surface area contributed by atoms with E-state index >= 15 is 0 Å². The third kappa shape index (κ3) is 21.7. The summed E-state index contributed by atoms with van der Waals surface area (Å²) in [6.07, 6.45) is 0. The van der Waals surface area contributed by atoms with E-state index in [-0.39, 0.29) is 60.0 Å². The molecule has 0 radical (unpaired) electrons. The summed E-state index contributed by atoms with van der Waals surface area (Å²) in [7, 11) is 0. The van der Waals surface area contributed by atoms with Crippen molar-refractivity contribution in [3.8, 4) is 11.5 Å². The van der Waals surface area contributed by atoms with Gasteiger partial charge in [-0.2, -0.15) is 0 Å². The van der Waals surface area contributed by atoms with E-state index in [1.807, 2.05) is 36.4 Å². The smallest absolute Gasteiger partial charge is 0.870 e. The number of ether oxygens (including phenoxy) is 3. The van der Waals surface area contributed by atoms with Crippen molar-refractivity contribution in [1.29, 1.82) is 0 Å². The maximum absolute atomic E-state index is 8.63. The Morgan fingerprint density at radius 3 is 1.48 bits per heavy atom. The third-order valence-electron chi connectivity index (χ3n) is 2.04. The minimum Gasteiger partial charge on any atom is -0.870 e.